The maximum absolute atomic E-state index is 12.8. The molecular weight excluding hydrogens is 485 g/mol. The SMILES string of the molecule is CO[C@H]1O[C@@H]2C(=O)O[C@@H]3[C@@H]1[C@@]2(NC(=O)C(Cl)(Cl)Cl)[C@H](OC(C)=O)[C@H](OC(C)=O)[C@@]3(C)O. The number of alkyl halides is 3. The van der Waals surface area contributed by atoms with E-state index in [1.165, 1.54) is 14.0 Å². The zero-order valence-corrected chi connectivity index (χ0v) is 19.0. The molecule has 3 rings (SSSR count). The predicted octanol–water partition coefficient (Wildman–Crippen LogP) is -0.247. The lowest BCUT2D eigenvalue weighted by Crippen LogP contribution is -2.84. The van der Waals surface area contributed by atoms with Crippen molar-refractivity contribution in [1.82, 2.24) is 5.32 Å². The molecule has 4 bridgehead atoms. The minimum absolute atomic E-state index is 0.840. The van der Waals surface area contributed by atoms with Crippen LogP contribution in [-0.2, 0) is 42.9 Å². The van der Waals surface area contributed by atoms with Crippen LogP contribution in [-0.4, -0.2) is 81.7 Å². The van der Waals surface area contributed by atoms with Gasteiger partial charge in [0.15, 0.2) is 24.6 Å². The van der Waals surface area contributed by atoms with Crippen molar-refractivity contribution in [2.45, 2.75) is 66.4 Å². The number of halogens is 3. The Labute approximate surface area is 191 Å². The second kappa shape index (κ2) is 7.89. The van der Waals surface area contributed by atoms with E-state index < -0.39 is 75.4 Å². The molecule has 31 heavy (non-hydrogen) atoms. The number of aliphatic hydroxyl groups is 1. The third-order valence-electron chi connectivity index (χ3n) is 5.64. The van der Waals surface area contributed by atoms with Gasteiger partial charge in [0.05, 0.1) is 5.92 Å². The number of methoxy groups -OCH3 is 1. The Bertz CT molecular complexity index is 814. The van der Waals surface area contributed by atoms with Gasteiger partial charge in [-0.05, 0) is 6.92 Å². The van der Waals surface area contributed by atoms with Gasteiger partial charge in [0.1, 0.15) is 17.2 Å². The molecule has 174 valence electrons. The van der Waals surface area contributed by atoms with Crippen LogP contribution < -0.4 is 5.32 Å². The van der Waals surface area contributed by atoms with Gasteiger partial charge in [-0.1, -0.05) is 34.8 Å². The predicted molar refractivity (Wildman–Crippen MR) is 102 cm³/mol. The summed E-state index contributed by atoms with van der Waals surface area (Å²) in [6, 6.07) is 0. The van der Waals surface area contributed by atoms with Crippen molar-refractivity contribution in [3.8, 4) is 0 Å². The van der Waals surface area contributed by atoms with Crippen molar-refractivity contribution in [3.63, 3.8) is 0 Å². The monoisotopic (exact) mass is 503 g/mol. The lowest BCUT2D eigenvalue weighted by molar-refractivity contribution is -0.278. The summed E-state index contributed by atoms with van der Waals surface area (Å²) < 4.78 is 24.5. The van der Waals surface area contributed by atoms with E-state index in [4.69, 9.17) is 58.5 Å². The first-order chi connectivity index (χ1) is 14.2. The van der Waals surface area contributed by atoms with E-state index in [0.29, 0.717) is 0 Å². The molecule has 0 aromatic carbocycles. The van der Waals surface area contributed by atoms with E-state index in [1.807, 2.05) is 0 Å². The van der Waals surface area contributed by atoms with Crippen molar-refractivity contribution >= 4 is 58.6 Å². The van der Waals surface area contributed by atoms with Crippen LogP contribution >= 0.6 is 34.8 Å². The van der Waals surface area contributed by atoms with Crippen molar-refractivity contribution in [1.29, 1.82) is 0 Å². The molecule has 14 heteroatoms. The molecule has 2 heterocycles. The van der Waals surface area contributed by atoms with Gasteiger partial charge >= 0.3 is 17.9 Å². The Kier molecular flexibility index (Phi) is 6.18. The van der Waals surface area contributed by atoms with E-state index in [1.54, 1.807) is 0 Å². The second-order valence-electron chi connectivity index (χ2n) is 7.67. The molecule has 1 aliphatic carbocycles. The summed E-state index contributed by atoms with van der Waals surface area (Å²) in [7, 11) is 1.26. The first-order valence-electron chi connectivity index (χ1n) is 9.02. The number of nitrogens with one attached hydrogen (secondary N) is 1. The van der Waals surface area contributed by atoms with Crippen LogP contribution in [0.1, 0.15) is 20.8 Å². The maximum Gasteiger partial charge on any atom is 0.338 e. The van der Waals surface area contributed by atoms with Gasteiger partial charge in [0, 0.05) is 21.0 Å². The quantitative estimate of drug-likeness (QED) is 0.298. The molecule has 1 saturated carbocycles. The zero-order valence-electron chi connectivity index (χ0n) is 16.7. The highest BCUT2D eigenvalue weighted by Gasteiger charge is 2.80. The van der Waals surface area contributed by atoms with Crippen LogP contribution in [0.5, 0.6) is 0 Å². The standard InChI is InChI=1S/C17H20Cl3NO10/c1-5(22)28-9-10(29-6(2)23)16(21-14(25)17(18,19)20)7-8(15(9,3)26)30-12(24)11(16)31-13(7)27-4/h7-11,13,26H,1-4H3,(H,21,25)/t7-,8+,9-,10+,11+,13-,15-,16+/m0/s1. The first-order valence-corrected chi connectivity index (χ1v) is 10.2. The molecule has 1 amide bonds. The minimum Gasteiger partial charge on any atom is -0.457 e. The summed E-state index contributed by atoms with van der Waals surface area (Å²) >= 11 is 17.2. The average molecular weight is 505 g/mol. The fourth-order valence-electron chi connectivity index (χ4n) is 4.56. The van der Waals surface area contributed by atoms with Crippen molar-refractivity contribution < 1.29 is 48.0 Å². The number of carbonyl (C=O) groups is 4. The Morgan fingerprint density at radius 2 is 1.68 bits per heavy atom. The third-order valence-corrected chi connectivity index (χ3v) is 6.15. The molecule has 2 saturated heterocycles. The second-order valence-corrected chi connectivity index (χ2v) is 9.96. The summed E-state index contributed by atoms with van der Waals surface area (Å²) in [5.74, 6) is -5.02. The van der Waals surface area contributed by atoms with Gasteiger partial charge in [0.25, 0.3) is 9.70 Å². The van der Waals surface area contributed by atoms with Crippen molar-refractivity contribution in [3.05, 3.63) is 0 Å². The van der Waals surface area contributed by atoms with Gasteiger partial charge in [-0.3, -0.25) is 14.4 Å². The highest BCUT2D eigenvalue weighted by Crippen LogP contribution is 2.56. The van der Waals surface area contributed by atoms with Crippen molar-refractivity contribution in [2.24, 2.45) is 5.92 Å². The lowest BCUT2D eigenvalue weighted by atomic mass is 9.59. The third kappa shape index (κ3) is 3.75. The van der Waals surface area contributed by atoms with E-state index in [0.717, 1.165) is 13.8 Å². The van der Waals surface area contributed by atoms with E-state index in [9.17, 15) is 24.3 Å². The van der Waals surface area contributed by atoms with E-state index in [2.05, 4.69) is 5.32 Å². The van der Waals surface area contributed by atoms with Gasteiger partial charge < -0.3 is 34.1 Å². The van der Waals surface area contributed by atoms with Gasteiger partial charge in [-0.15, -0.1) is 0 Å². The number of hydrogen-bond acceptors (Lipinski definition) is 10. The number of ether oxygens (including phenoxy) is 5. The molecule has 0 radical (unpaired) electrons. The lowest BCUT2D eigenvalue weighted by Gasteiger charge is -2.59. The number of carbonyl (C=O) groups excluding carboxylic acids is 4. The molecule has 0 spiro atoms. The Morgan fingerprint density at radius 1 is 1.13 bits per heavy atom. The van der Waals surface area contributed by atoms with Crippen LogP contribution in [0.25, 0.3) is 0 Å². The fourth-order valence-corrected chi connectivity index (χ4v) is 4.71. The van der Waals surface area contributed by atoms with Crippen LogP contribution in [0.2, 0.25) is 0 Å². The fraction of sp³-hybridized carbons (Fsp3) is 0.765. The van der Waals surface area contributed by atoms with Crippen LogP contribution in [0.4, 0.5) is 0 Å². The summed E-state index contributed by atoms with van der Waals surface area (Å²) in [6.07, 6.45) is -7.47. The maximum atomic E-state index is 12.8. The highest BCUT2D eigenvalue weighted by molar-refractivity contribution is 6.76. The van der Waals surface area contributed by atoms with Crippen LogP contribution in [0.15, 0.2) is 0 Å². The molecule has 0 unspecified atom stereocenters. The van der Waals surface area contributed by atoms with Gasteiger partial charge in [-0.2, -0.15) is 0 Å². The largest absolute Gasteiger partial charge is 0.457 e. The Morgan fingerprint density at radius 3 is 2.16 bits per heavy atom. The van der Waals surface area contributed by atoms with Crippen molar-refractivity contribution in [2.75, 3.05) is 7.11 Å². The minimum atomic E-state index is -2.48. The summed E-state index contributed by atoms with van der Waals surface area (Å²) in [4.78, 5) is 49.3. The summed E-state index contributed by atoms with van der Waals surface area (Å²) in [6.45, 7) is 3.34. The average Bonchev–Trinajstić information content (AvgIpc) is 2.85. The topological polar surface area (TPSA) is 147 Å². The van der Waals surface area contributed by atoms with E-state index >= 15 is 0 Å². The number of amides is 1. The number of hydrogen-bond donors (Lipinski definition) is 2. The number of rotatable bonds is 4. The van der Waals surface area contributed by atoms with Crippen LogP contribution in [0, 0.1) is 5.92 Å². The molecule has 2 N–H and O–H groups in total. The molecule has 11 nitrogen and oxygen atoms in total. The molecule has 2 aliphatic heterocycles. The van der Waals surface area contributed by atoms with Gasteiger partial charge in [0.2, 0.25) is 0 Å². The van der Waals surface area contributed by atoms with E-state index in [-0.39, 0.29) is 0 Å². The van der Waals surface area contributed by atoms with Gasteiger partial charge in [-0.25, -0.2) is 4.79 Å². The van der Waals surface area contributed by atoms with Crippen LogP contribution in [0.3, 0.4) is 0 Å². The summed E-state index contributed by atoms with van der Waals surface area (Å²) in [5.41, 5.74) is -4.05. The Hall–Kier alpha value is -1.37. The molecule has 0 aromatic rings. The normalized spacial score (nSPS) is 41.2. The zero-order chi connectivity index (χ0) is 23.5. The first kappa shape index (κ1) is 24.3. The molecule has 8 atom stereocenters. The molecular formula is C17H20Cl3NO10. The Balaban J connectivity index is 2.27. The number of esters is 3. The smallest absolute Gasteiger partial charge is 0.338 e. The molecule has 3 fully saturated rings. The summed E-state index contributed by atoms with van der Waals surface area (Å²) in [5, 5.41) is 13.7. The molecule has 3 aliphatic rings. The highest BCUT2D eigenvalue weighted by atomic mass is 35.6. The molecule has 0 aromatic heterocycles.